The van der Waals surface area contributed by atoms with E-state index < -0.39 is 0 Å². The quantitative estimate of drug-likeness (QED) is 0.700. The molecule has 0 aromatic rings. The van der Waals surface area contributed by atoms with E-state index >= 15 is 0 Å². The summed E-state index contributed by atoms with van der Waals surface area (Å²) in [7, 11) is 1.65. The Morgan fingerprint density at radius 1 is 1.25 bits per heavy atom. The Morgan fingerprint density at radius 3 is 2.55 bits per heavy atom. The molecule has 0 aromatic heterocycles. The molecule has 0 N–H and O–H groups in total. The minimum atomic E-state index is 0.00531. The number of hydrogen-bond donors (Lipinski definition) is 0. The second-order valence-electron chi connectivity index (χ2n) is 5.39. The lowest BCUT2D eigenvalue weighted by Crippen LogP contribution is -2.53. The number of ether oxygens (including phenoxy) is 1. The highest BCUT2D eigenvalue weighted by atomic mass is 16.5. The third-order valence-electron chi connectivity index (χ3n) is 4.24. The van der Waals surface area contributed by atoms with E-state index in [0.717, 1.165) is 39.1 Å². The summed E-state index contributed by atoms with van der Waals surface area (Å²) < 4.78 is 5.03. The molecular formula is C14H25N3O3. The standard InChI is InChI=1S/C14H25N3O3/c1-3-13(18)16-8-6-15(7-9-16)12-4-5-17(14(12)19)10-11-20-2/h12H,3-11H2,1-2H3. The summed E-state index contributed by atoms with van der Waals surface area (Å²) >= 11 is 0. The van der Waals surface area contributed by atoms with Crippen LogP contribution in [0.15, 0.2) is 0 Å². The molecule has 2 aliphatic heterocycles. The molecule has 1 atom stereocenters. The van der Waals surface area contributed by atoms with Crippen LogP contribution in [-0.4, -0.2) is 85.5 Å². The average molecular weight is 283 g/mol. The SMILES string of the molecule is CCC(=O)N1CCN(C2CCN(CCOC)C2=O)CC1. The van der Waals surface area contributed by atoms with Crippen LogP contribution in [0.5, 0.6) is 0 Å². The Hall–Kier alpha value is -1.14. The Morgan fingerprint density at radius 2 is 1.95 bits per heavy atom. The van der Waals surface area contributed by atoms with Gasteiger partial charge in [0.2, 0.25) is 11.8 Å². The van der Waals surface area contributed by atoms with Gasteiger partial charge >= 0.3 is 0 Å². The third kappa shape index (κ3) is 3.30. The molecule has 2 saturated heterocycles. The first-order chi connectivity index (χ1) is 9.67. The van der Waals surface area contributed by atoms with Crippen LogP contribution in [0.2, 0.25) is 0 Å². The number of likely N-dealkylation sites (tertiary alicyclic amines) is 1. The maximum atomic E-state index is 12.3. The van der Waals surface area contributed by atoms with Crippen molar-refractivity contribution in [3.8, 4) is 0 Å². The summed E-state index contributed by atoms with van der Waals surface area (Å²) in [5.41, 5.74) is 0. The van der Waals surface area contributed by atoms with Gasteiger partial charge < -0.3 is 14.5 Å². The van der Waals surface area contributed by atoms with Gasteiger partial charge in [0.25, 0.3) is 0 Å². The number of carbonyl (C=O) groups is 2. The summed E-state index contributed by atoms with van der Waals surface area (Å²) in [6.07, 6.45) is 1.46. The molecule has 2 fully saturated rings. The zero-order valence-corrected chi connectivity index (χ0v) is 12.5. The zero-order valence-electron chi connectivity index (χ0n) is 12.5. The monoisotopic (exact) mass is 283 g/mol. The molecule has 0 spiro atoms. The van der Waals surface area contributed by atoms with E-state index in [4.69, 9.17) is 4.74 Å². The highest BCUT2D eigenvalue weighted by Gasteiger charge is 2.37. The lowest BCUT2D eigenvalue weighted by atomic mass is 10.1. The summed E-state index contributed by atoms with van der Waals surface area (Å²) in [6, 6.07) is 0.00531. The highest BCUT2D eigenvalue weighted by molar-refractivity contribution is 5.84. The number of piperazine rings is 1. The van der Waals surface area contributed by atoms with E-state index in [0.29, 0.717) is 19.6 Å². The first-order valence-electron chi connectivity index (χ1n) is 7.47. The van der Waals surface area contributed by atoms with Crippen molar-refractivity contribution in [1.29, 1.82) is 0 Å². The van der Waals surface area contributed by atoms with Gasteiger partial charge in [-0.1, -0.05) is 6.92 Å². The molecule has 0 bridgehead atoms. The van der Waals surface area contributed by atoms with Crippen LogP contribution >= 0.6 is 0 Å². The lowest BCUT2D eigenvalue weighted by molar-refractivity contribution is -0.135. The number of nitrogens with zero attached hydrogens (tertiary/aromatic N) is 3. The number of hydrogen-bond acceptors (Lipinski definition) is 4. The third-order valence-corrected chi connectivity index (χ3v) is 4.24. The molecule has 0 aromatic carbocycles. The van der Waals surface area contributed by atoms with Crippen LogP contribution in [0, 0.1) is 0 Å². The van der Waals surface area contributed by atoms with Crippen LogP contribution in [0.1, 0.15) is 19.8 Å². The van der Waals surface area contributed by atoms with Gasteiger partial charge in [-0.3, -0.25) is 14.5 Å². The fourth-order valence-corrected chi connectivity index (χ4v) is 2.99. The van der Waals surface area contributed by atoms with Crippen molar-refractivity contribution in [2.24, 2.45) is 0 Å². The molecule has 0 saturated carbocycles. The molecule has 2 amide bonds. The first kappa shape index (κ1) is 15.3. The Labute approximate surface area is 120 Å². The summed E-state index contributed by atoms with van der Waals surface area (Å²) in [6.45, 7) is 7.09. The molecule has 6 nitrogen and oxygen atoms in total. The van der Waals surface area contributed by atoms with Crippen LogP contribution in [0.3, 0.4) is 0 Å². The van der Waals surface area contributed by atoms with Gasteiger partial charge in [-0.15, -0.1) is 0 Å². The highest BCUT2D eigenvalue weighted by Crippen LogP contribution is 2.19. The zero-order chi connectivity index (χ0) is 14.5. The van der Waals surface area contributed by atoms with Crippen molar-refractivity contribution in [2.45, 2.75) is 25.8 Å². The van der Waals surface area contributed by atoms with Crippen molar-refractivity contribution < 1.29 is 14.3 Å². The van der Waals surface area contributed by atoms with Gasteiger partial charge in [0.15, 0.2) is 0 Å². The van der Waals surface area contributed by atoms with E-state index in [2.05, 4.69) is 4.90 Å². The van der Waals surface area contributed by atoms with Crippen molar-refractivity contribution in [3.05, 3.63) is 0 Å². The molecule has 1 unspecified atom stereocenters. The molecule has 20 heavy (non-hydrogen) atoms. The predicted molar refractivity (Wildman–Crippen MR) is 75.3 cm³/mol. The average Bonchev–Trinajstić information content (AvgIpc) is 2.85. The normalized spacial score (nSPS) is 24.5. The van der Waals surface area contributed by atoms with Crippen LogP contribution in [0.4, 0.5) is 0 Å². The van der Waals surface area contributed by atoms with Crippen molar-refractivity contribution in [3.63, 3.8) is 0 Å². The molecule has 2 heterocycles. The summed E-state index contributed by atoms with van der Waals surface area (Å²) in [5.74, 6) is 0.432. The van der Waals surface area contributed by atoms with E-state index in [-0.39, 0.29) is 17.9 Å². The fraction of sp³-hybridized carbons (Fsp3) is 0.857. The Balaban J connectivity index is 1.82. The predicted octanol–water partition coefficient (Wildman–Crippen LogP) is -0.212. The summed E-state index contributed by atoms with van der Waals surface area (Å²) in [4.78, 5) is 30.0. The maximum Gasteiger partial charge on any atom is 0.240 e. The molecule has 6 heteroatoms. The molecule has 2 aliphatic rings. The van der Waals surface area contributed by atoms with Gasteiger partial charge in [0.1, 0.15) is 0 Å². The van der Waals surface area contributed by atoms with E-state index in [9.17, 15) is 9.59 Å². The van der Waals surface area contributed by atoms with E-state index in [1.807, 2.05) is 16.7 Å². The molecule has 114 valence electrons. The van der Waals surface area contributed by atoms with Gasteiger partial charge in [-0.05, 0) is 6.42 Å². The van der Waals surface area contributed by atoms with Crippen LogP contribution in [0.25, 0.3) is 0 Å². The minimum absolute atomic E-state index is 0.00531. The lowest BCUT2D eigenvalue weighted by Gasteiger charge is -2.37. The van der Waals surface area contributed by atoms with Crippen LogP contribution in [-0.2, 0) is 14.3 Å². The van der Waals surface area contributed by atoms with Gasteiger partial charge in [0.05, 0.1) is 12.6 Å². The van der Waals surface area contributed by atoms with Crippen molar-refractivity contribution in [1.82, 2.24) is 14.7 Å². The van der Waals surface area contributed by atoms with Crippen molar-refractivity contribution in [2.75, 3.05) is 53.0 Å². The first-order valence-corrected chi connectivity index (χ1v) is 7.47. The maximum absolute atomic E-state index is 12.3. The Kier molecular flexibility index (Phi) is 5.37. The smallest absolute Gasteiger partial charge is 0.240 e. The second kappa shape index (κ2) is 7.04. The fourth-order valence-electron chi connectivity index (χ4n) is 2.99. The number of amides is 2. The molecule has 0 aliphatic carbocycles. The molecule has 0 radical (unpaired) electrons. The van der Waals surface area contributed by atoms with E-state index in [1.165, 1.54) is 0 Å². The molecule has 2 rings (SSSR count). The largest absolute Gasteiger partial charge is 0.383 e. The van der Waals surface area contributed by atoms with E-state index in [1.54, 1.807) is 7.11 Å². The minimum Gasteiger partial charge on any atom is -0.383 e. The van der Waals surface area contributed by atoms with Gasteiger partial charge in [-0.25, -0.2) is 0 Å². The van der Waals surface area contributed by atoms with Gasteiger partial charge in [0, 0.05) is 52.8 Å². The van der Waals surface area contributed by atoms with Crippen molar-refractivity contribution >= 4 is 11.8 Å². The number of carbonyl (C=O) groups excluding carboxylic acids is 2. The van der Waals surface area contributed by atoms with Crippen LogP contribution < -0.4 is 0 Å². The topological polar surface area (TPSA) is 53.1 Å². The van der Waals surface area contributed by atoms with Gasteiger partial charge in [-0.2, -0.15) is 0 Å². The number of rotatable bonds is 5. The second-order valence-corrected chi connectivity index (χ2v) is 5.39. The summed E-state index contributed by atoms with van der Waals surface area (Å²) in [5, 5.41) is 0. The number of methoxy groups -OCH3 is 1. The Bertz CT molecular complexity index is 354. The molecular weight excluding hydrogens is 258 g/mol.